The van der Waals surface area contributed by atoms with Crippen LogP contribution in [0.5, 0.6) is 0 Å². The van der Waals surface area contributed by atoms with E-state index in [4.69, 9.17) is 11.6 Å². The second-order valence-corrected chi connectivity index (χ2v) is 5.70. The highest BCUT2D eigenvalue weighted by molar-refractivity contribution is 7.99. The molecule has 0 N–H and O–H groups in total. The van der Waals surface area contributed by atoms with Crippen LogP contribution in [0.3, 0.4) is 0 Å². The molecule has 3 rings (SSSR count). The van der Waals surface area contributed by atoms with E-state index in [0.717, 1.165) is 29.0 Å². The molecule has 0 bridgehead atoms. The standard InChI is InChI=1S/C12H13ClN4S/c13-9-5-6-11(14-8-9)18-12-16-15-10-4-2-1-3-7-17(10)12/h5-6,8H,1-4,7H2. The Labute approximate surface area is 115 Å². The summed E-state index contributed by atoms with van der Waals surface area (Å²) in [5, 5.41) is 11.0. The summed E-state index contributed by atoms with van der Waals surface area (Å²) in [5.41, 5.74) is 0. The molecule has 0 saturated carbocycles. The van der Waals surface area contributed by atoms with E-state index < -0.39 is 0 Å². The number of halogens is 1. The fourth-order valence-electron chi connectivity index (χ4n) is 2.05. The Morgan fingerprint density at radius 2 is 2.11 bits per heavy atom. The van der Waals surface area contributed by atoms with Crippen molar-refractivity contribution in [2.45, 2.75) is 42.4 Å². The van der Waals surface area contributed by atoms with E-state index in [1.54, 1.807) is 18.0 Å². The molecule has 1 aliphatic heterocycles. The molecule has 0 fully saturated rings. The van der Waals surface area contributed by atoms with Crippen LogP contribution >= 0.6 is 23.4 Å². The molecule has 1 aliphatic rings. The highest BCUT2D eigenvalue weighted by Gasteiger charge is 2.15. The van der Waals surface area contributed by atoms with Crippen molar-refractivity contribution in [2.75, 3.05) is 0 Å². The smallest absolute Gasteiger partial charge is 0.197 e. The highest BCUT2D eigenvalue weighted by Crippen LogP contribution is 2.27. The predicted octanol–water partition coefficient (Wildman–Crippen LogP) is 3.20. The molecule has 6 heteroatoms. The number of rotatable bonds is 2. The number of aromatic nitrogens is 4. The third-order valence-electron chi connectivity index (χ3n) is 2.97. The Bertz CT molecular complexity index is 538. The van der Waals surface area contributed by atoms with Crippen LogP contribution in [0.4, 0.5) is 0 Å². The largest absolute Gasteiger partial charge is 0.306 e. The first-order valence-corrected chi connectivity index (χ1v) is 7.24. The maximum Gasteiger partial charge on any atom is 0.197 e. The summed E-state index contributed by atoms with van der Waals surface area (Å²) in [6, 6.07) is 3.75. The molecule has 0 unspecified atom stereocenters. The van der Waals surface area contributed by atoms with Crippen LogP contribution in [0.1, 0.15) is 25.1 Å². The Morgan fingerprint density at radius 3 is 2.94 bits per heavy atom. The van der Waals surface area contributed by atoms with Gasteiger partial charge in [0.25, 0.3) is 0 Å². The quantitative estimate of drug-likeness (QED) is 0.847. The average Bonchev–Trinajstić information content (AvgIpc) is 2.62. The zero-order valence-electron chi connectivity index (χ0n) is 9.84. The molecule has 0 amide bonds. The molecule has 3 heterocycles. The Hall–Kier alpha value is -1.07. The molecule has 0 spiro atoms. The summed E-state index contributed by atoms with van der Waals surface area (Å²) in [6.45, 7) is 1.01. The van der Waals surface area contributed by atoms with Crippen molar-refractivity contribution < 1.29 is 0 Å². The SMILES string of the molecule is Clc1ccc(Sc2nnc3n2CCCCC3)nc1. The molecule has 2 aromatic rings. The van der Waals surface area contributed by atoms with Crippen molar-refractivity contribution >= 4 is 23.4 Å². The maximum absolute atomic E-state index is 5.83. The number of hydrogen-bond donors (Lipinski definition) is 0. The van der Waals surface area contributed by atoms with Crippen LogP contribution in [-0.4, -0.2) is 19.7 Å². The van der Waals surface area contributed by atoms with Crippen molar-refractivity contribution in [3.05, 3.63) is 29.2 Å². The summed E-state index contributed by atoms with van der Waals surface area (Å²) in [6.07, 6.45) is 6.37. The predicted molar refractivity (Wildman–Crippen MR) is 70.9 cm³/mol. The van der Waals surface area contributed by atoms with Gasteiger partial charge in [-0.25, -0.2) is 4.98 Å². The van der Waals surface area contributed by atoms with Gasteiger partial charge in [-0.3, -0.25) is 0 Å². The van der Waals surface area contributed by atoms with Gasteiger partial charge in [-0.1, -0.05) is 18.0 Å². The Morgan fingerprint density at radius 1 is 1.17 bits per heavy atom. The van der Waals surface area contributed by atoms with Gasteiger partial charge in [-0.05, 0) is 36.7 Å². The van der Waals surface area contributed by atoms with Gasteiger partial charge >= 0.3 is 0 Å². The lowest BCUT2D eigenvalue weighted by Gasteiger charge is -2.05. The Kier molecular flexibility index (Phi) is 3.52. The van der Waals surface area contributed by atoms with Gasteiger partial charge < -0.3 is 4.57 Å². The van der Waals surface area contributed by atoms with Gasteiger partial charge in [0.1, 0.15) is 10.9 Å². The summed E-state index contributed by atoms with van der Waals surface area (Å²) >= 11 is 7.37. The van der Waals surface area contributed by atoms with Gasteiger partial charge in [0, 0.05) is 19.2 Å². The van der Waals surface area contributed by atoms with Crippen molar-refractivity contribution in [3.63, 3.8) is 0 Å². The molecule has 0 aromatic carbocycles. The van der Waals surface area contributed by atoms with E-state index in [1.807, 2.05) is 12.1 Å². The third kappa shape index (κ3) is 2.52. The van der Waals surface area contributed by atoms with Crippen molar-refractivity contribution in [1.82, 2.24) is 19.7 Å². The molecule has 4 nitrogen and oxygen atoms in total. The monoisotopic (exact) mass is 280 g/mol. The van der Waals surface area contributed by atoms with E-state index in [1.165, 1.54) is 19.3 Å². The average molecular weight is 281 g/mol. The maximum atomic E-state index is 5.83. The molecule has 94 valence electrons. The van der Waals surface area contributed by atoms with Gasteiger partial charge in [-0.15, -0.1) is 10.2 Å². The zero-order chi connectivity index (χ0) is 12.4. The molecule has 2 aromatic heterocycles. The summed E-state index contributed by atoms with van der Waals surface area (Å²) in [5.74, 6) is 1.10. The molecular weight excluding hydrogens is 268 g/mol. The first-order valence-electron chi connectivity index (χ1n) is 6.04. The Balaban J connectivity index is 1.84. The molecule has 0 atom stereocenters. The summed E-state index contributed by atoms with van der Waals surface area (Å²) in [7, 11) is 0. The lowest BCUT2D eigenvalue weighted by molar-refractivity contribution is 0.590. The fourth-order valence-corrected chi connectivity index (χ4v) is 2.98. The second-order valence-electron chi connectivity index (χ2n) is 4.28. The number of fused-ring (bicyclic) bond motifs is 1. The van der Waals surface area contributed by atoms with Crippen LogP contribution in [-0.2, 0) is 13.0 Å². The minimum Gasteiger partial charge on any atom is -0.306 e. The highest BCUT2D eigenvalue weighted by atomic mass is 35.5. The van der Waals surface area contributed by atoms with Crippen LogP contribution in [0.15, 0.2) is 28.5 Å². The van der Waals surface area contributed by atoms with Crippen LogP contribution in [0, 0.1) is 0 Å². The van der Waals surface area contributed by atoms with E-state index in [9.17, 15) is 0 Å². The van der Waals surface area contributed by atoms with E-state index >= 15 is 0 Å². The van der Waals surface area contributed by atoms with Gasteiger partial charge in [0.05, 0.1) is 5.02 Å². The molecule has 0 aliphatic carbocycles. The number of nitrogens with zero attached hydrogens (tertiary/aromatic N) is 4. The topological polar surface area (TPSA) is 43.6 Å². The van der Waals surface area contributed by atoms with E-state index in [-0.39, 0.29) is 0 Å². The van der Waals surface area contributed by atoms with Crippen molar-refractivity contribution in [2.24, 2.45) is 0 Å². The normalized spacial score (nSPS) is 15.2. The number of pyridine rings is 1. The van der Waals surface area contributed by atoms with Crippen LogP contribution < -0.4 is 0 Å². The van der Waals surface area contributed by atoms with Gasteiger partial charge in [0.2, 0.25) is 0 Å². The summed E-state index contributed by atoms with van der Waals surface area (Å²) < 4.78 is 2.22. The molecule has 18 heavy (non-hydrogen) atoms. The molecule has 0 saturated heterocycles. The lowest BCUT2D eigenvalue weighted by Crippen LogP contribution is -2.02. The van der Waals surface area contributed by atoms with Crippen molar-refractivity contribution in [1.29, 1.82) is 0 Å². The summed E-state index contributed by atoms with van der Waals surface area (Å²) in [4.78, 5) is 4.28. The minimum absolute atomic E-state index is 0.652. The van der Waals surface area contributed by atoms with Crippen LogP contribution in [0.2, 0.25) is 5.02 Å². The first kappa shape index (κ1) is 12.0. The number of hydrogen-bond acceptors (Lipinski definition) is 4. The lowest BCUT2D eigenvalue weighted by atomic mass is 10.2. The number of aryl methyl sites for hydroxylation is 1. The van der Waals surface area contributed by atoms with E-state index in [2.05, 4.69) is 19.7 Å². The zero-order valence-corrected chi connectivity index (χ0v) is 11.4. The minimum atomic E-state index is 0.652. The molecule has 0 radical (unpaired) electrons. The third-order valence-corrected chi connectivity index (χ3v) is 4.13. The fraction of sp³-hybridized carbons (Fsp3) is 0.417. The van der Waals surface area contributed by atoms with Gasteiger partial charge in [-0.2, -0.15) is 0 Å². The van der Waals surface area contributed by atoms with E-state index in [0.29, 0.717) is 5.02 Å². The van der Waals surface area contributed by atoms with Crippen molar-refractivity contribution in [3.8, 4) is 0 Å². The second kappa shape index (κ2) is 5.28. The first-order chi connectivity index (χ1) is 8.83. The molecular formula is C12H13ClN4S. The van der Waals surface area contributed by atoms with Crippen LogP contribution in [0.25, 0.3) is 0 Å². The van der Waals surface area contributed by atoms with Gasteiger partial charge in [0.15, 0.2) is 5.16 Å².